The highest BCUT2D eigenvalue weighted by Gasteiger charge is 2.16. The zero-order valence-electron chi connectivity index (χ0n) is 11.6. The van der Waals surface area contributed by atoms with Crippen LogP contribution in [0.5, 0.6) is 0 Å². The first kappa shape index (κ1) is 14.5. The standard InChI is InChI=1S/C14H23N3O/c1-10(2)13(15)14(18)16-9-11-5-7-12(8-6-11)17(3)4/h5-8,10,13H,9,15H2,1-4H3,(H,16,18). The van der Waals surface area contributed by atoms with E-state index in [9.17, 15) is 4.79 Å². The summed E-state index contributed by atoms with van der Waals surface area (Å²) < 4.78 is 0. The van der Waals surface area contributed by atoms with Crippen LogP contribution >= 0.6 is 0 Å². The quantitative estimate of drug-likeness (QED) is 0.828. The van der Waals surface area contributed by atoms with Crippen molar-refractivity contribution in [1.29, 1.82) is 0 Å². The fraction of sp³-hybridized carbons (Fsp3) is 0.500. The van der Waals surface area contributed by atoms with Crippen molar-refractivity contribution < 1.29 is 4.79 Å². The van der Waals surface area contributed by atoms with Crippen molar-refractivity contribution >= 4 is 11.6 Å². The van der Waals surface area contributed by atoms with Crippen LogP contribution < -0.4 is 16.0 Å². The molecule has 0 fully saturated rings. The van der Waals surface area contributed by atoms with Crippen molar-refractivity contribution in [2.45, 2.75) is 26.4 Å². The molecule has 0 aliphatic carbocycles. The lowest BCUT2D eigenvalue weighted by Crippen LogP contribution is -2.43. The van der Waals surface area contributed by atoms with E-state index in [-0.39, 0.29) is 11.8 Å². The SMILES string of the molecule is CC(C)C(N)C(=O)NCc1ccc(N(C)C)cc1. The third-order valence-corrected chi connectivity index (χ3v) is 2.94. The molecule has 0 aliphatic heterocycles. The van der Waals surface area contributed by atoms with Gasteiger partial charge >= 0.3 is 0 Å². The van der Waals surface area contributed by atoms with Gasteiger partial charge in [0.05, 0.1) is 6.04 Å². The van der Waals surface area contributed by atoms with Gasteiger partial charge in [0.2, 0.25) is 5.91 Å². The Morgan fingerprint density at radius 3 is 2.28 bits per heavy atom. The van der Waals surface area contributed by atoms with Gasteiger partial charge in [-0.3, -0.25) is 4.79 Å². The van der Waals surface area contributed by atoms with Crippen molar-refractivity contribution in [3.63, 3.8) is 0 Å². The Morgan fingerprint density at radius 2 is 1.83 bits per heavy atom. The Kier molecular flexibility index (Phi) is 5.16. The Bertz CT molecular complexity index is 385. The van der Waals surface area contributed by atoms with Gasteiger partial charge in [0.15, 0.2) is 0 Å². The van der Waals surface area contributed by atoms with Crippen molar-refractivity contribution in [3.05, 3.63) is 29.8 Å². The van der Waals surface area contributed by atoms with Crippen LogP contribution in [0.15, 0.2) is 24.3 Å². The van der Waals surface area contributed by atoms with Gasteiger partial charge < -0.3 is 16.0 Å². The summed E-state index contributed by atoms with van der Waals surface area (Å²) in [5.74, 6) is 0.0582. The van der Waals surface area contributed by atoms with Crippen LogP contribution in [-0.4, -0.2) is 26.0 Å². The minimum atomic E-state index is -0.439. The van der Waals surface area contributed by atoms with Gasteiger partial charge in [0, 0.05) is 26.3 Å². The second-order valence-corrected chi connectivity index (χ2v) is 5.05. The van der Waals surface area contributed by atoms with Gasteiger partial charge in [-0.05, 0) is 23.6 Å². The highest BCUT2D eigenvalue weighted by atomic mass is 16.2. The van der Waals surface area contributed by atoms with Crippen LogP contribution in [0.1, 0.15) is 19.4 Å². The number of benzene rings is 1. The maximum atomic E-state index is 11.7. The first-order valence-corrected chi connectivity index (χ1v) is 6.21. The first-order valence-electron chi connectivity index (χ1n) is 6.21. The number of hydrogen-bond donors (Lipinski definition) is 2. The molecule has 1 amide bonds. The average molecular weight is 249 g/mol. The topological polar surface area (TPSA) is 58.4 Å². The van der Waals surface area contributed by atoms with E-state index in [1.165, 1.54) is 0 Å². The molecule has 1 unspecified atom stereocenters. The molecule has 0 saturated heterocycles. The van der Waals surface area contributed by atoms with Crippen LogP contribution in [0.2, 0.25) is 0 Å². The van der Waals surface area contributed by atoms with Crippen molar-refractivity contribution in [1.82, 2.24) is 5.32 Å². The van der Waals surface area contributed by atoms with Gasteiger partial charge in [-0.25, -0.2) is 0 Å². The molecule has 1 aromatic rings. The minimum absolute atomic E-state index is 0.0957. The van der Waals surface area contributed by atoms with E-state index in [2.05, 4.69) is 5.32 Å². The predicted molar refractivity (Wildman–Crippen MR) is 75.4 cm³/mol. The zero-order valence-corrected chi connectivity index (χ0v) is 11.6. The minimum Gasteiger partial charge on any atom is -0.378 e. The van der Waals surface area contributed by atoms with E-state index in [0.717, 1.165) is 11.3 Å². The van der Waals surface area contributed by atoms with Gasteiger partial charge in [0.1, 0.15) is 0 Å². The summed E-state index contributed by atoms with van der Waals surface area (Å²) >= 11 is 0. The van der Waals surface area contributed by atoms with E-state index in [4.69, 9.17) is 5.73 Å². The lowest BCUT2D eigenvalue weighted by Gasteiger charge is -2.16. The lowest BCUT2D eigenvalue weighted by atomic mass is 10.0. The number of rotatable bonds is 5. The van der Waals surface area contributed by atoms with E-state index >= 15 is 0 Å². The second-order valence-electron chi connectivity index (χ2n) is 5.05. The van der Waals surface area contributed by atoms with Gasteiger partial charge in [-0.2, -0.15) is 0 Å². The lowest BCUT2D eigenvalue weighted by molar-refractivity contribution is -0.123. The summed E-state index contributed by atoms with van der Waals surface area (Å²) in [5, 5.41) is 2.85. The van der Waals surface area contributed by atoms with Crippen LogP contribution in [0, 0.1) is 5.92 Å². The summed E-state index contributed by atoms with van der Waals surface area (Å²) in [6, 6.07) is 7.65. The third kappa shape index (κ3) is 4.04. The number of carbonyl (C=O) groups excluding carboxylic acids is 1. The van der Waals surface area contributed by atoms with Crippen molar-refractivity contribution in [2.24, 2.45) is 11.7 Å². The first-order chi connectivity index (χ1) is 8.41. The fourth-order valence-corrected chi connectivity index (χ4v) is 1.52. The molecule has 1 atom stereocenters. The van der Waals surface area contributed by atoms with E-state index in [1.807, 2.05) is 57.1 Å². The second kappa shape index (κ2) is 6.40. The van der Waals surface area contributed by atoms with E-state index in [1.54, 1.807) is 0 Å². The van der Waals surface area contributed by atoms with Crippen LogP contribution in [-0.2, 0) is 11.3 Å². The maximum Gasteiger partial charge on any atom is 0.237 e. The Morgan fingerprint density at radius 1 is 1.28 bits per heavy atom. The molecule has 100 valence electrons. The molecule has 0 aromatic heterocycles. The van der Waals surface area contributed by atoms with E-state index in [0.29, 0.717) is 6.54 Å². The molecule has 1 rings (SSSR count). The largest absolute Gasteiger partial charge is 0.378 e. The molecule has 0 radical (unpaired) electrons. The summed E-state index contributed by atoms with van der Waals surface area (Å²) in [4.78, 5) is 13.7. The molecule has 4 nitrogen and oxygen atoms in total. The normalized spacial score (nSPS) is 12.3. The van der Waals surface area contributed by atoms with Crippen molar-refractivity contribution in [3.8, 4) is 0 Å². The van der Waals surface area contributed by atoms with Crippen LogP contribution in [0.4, 0.5) is 5.69 Å². The fourth-order valence-electron chi connectivity index (χ4n) is 1.52. The number of nitrogens with zero attached hydrogens (tertiary/aromatic N) is 1. The van der Waals surface area contributed by atoms with Gasteiger partial charge in [-0.1, -0.05) is 26.0 Å². The number of amides is 1. The number of nitrogens with one attached hydrogen (secondary N) is 1. The van der Waals surface area contributed by atoms with Gasteiger partial charge in [0.25, 0.3) is 0 Å². The smallest absolute Gasteiger partial charge is 0.237 e. The summed E-state index contributed by atoms with van der Waals surface area (Å²) in [6.07, 6.45) is 0. The van der Waals surface area contributed by atoms with E-state index < -0.39 is 6.04 Å². The summed E-state index contributed by atoms with van der Waals surface area (Å²) in [6.45, 7) is 4.40. The predicted octanol–water partition coefficient (Wildman–Crippen LogP) is 1.35. The molecule has 0 heterocycles. The monoisotopic (exact) mass is 249 g/mol. The highest BCUT2D eigenvalue weighted by molar-refractivity contribution is 5.81. The molecule has 18 heavy (non-hydrogen) atoms. The van der Waals surface area contributed by atoms with Crippen LogP contribution in [0.25, 0.3) is 0 Å². The molecule has 0 saturated carbocycles. The Labute approximate surface area is 109 Å². The summed E-state index contributed by atoms with van der Waals surface area (Å²) in [7, 11) is 4.00. The number of nitrogens with two attached hydrogens (primary N) is 1. The highest BCUT2D eigenvalue weighted by Crippen LogP contribution is 2.12. The van der Waals surface area contributed by atoms with Crippen LogP contribution in [0.3, 0.4) is 0 Å². The average Bonchev–Trinajstić information content (AvgIpc) is 2.35. The van der Waals surface area contributed by atoms with Crippen molar-refractivity contribution in [2.75, 3.05) is 19.0 Å². The number of anilines is 1. The molecular formula is C14H23N3O. The number of carbonyl (C=O) groups is 1. The third-order valence-electron chi connectivity index (χ3n) is 2.94. The maximum absolute atomic E-state index is 11.7. The molecule has 0 bridgehead atoms. The Balaban J connectivity index is 2.51. The number of hydrogen-bond acceptors (Lipinski definition) is 3. The molecule has 4 heteroatoms. The summed E-state index contributed by atoms with van der Waals surface area (Å²) in [5.41, 5.74) is 7.99. The zero-order chi connectivity index (χ0) is 13.7. The van der Waals surface area contributed by atoms with Gasteiger partial charge in [-0.15, -0.1) is 0 Å². The molecule has 3 N–H and O–H groups in total. The molecule has 1 aromatic carbocycles. The molecule has 0 aliphatic rings. The Hall–Kier alpha value is -1.55. The molecular weight excluding hydrogens is 226 g/mol. The molecule has 0 spiro atoms.